The van der Waals surface area contributed by atoms with Crippen molar-refractivity contribution < 1.29 is 22.3 Å². The van der Waals surface area contributed by atoms with E-state index in [-0.39, 0.29) is 0 Å². The van der Waals surface area contributed by atoms with Gasteiger partial charge in [-0.2, -0.15) is 0 Å². The molecule has 0 aliphatic rings. The van der Waals surface area contributed by atoms with Crippen molar-refractivity contribution >= 4 is 10.0 Å². The highest BCUT2D eigenvalue weighted by molar-refractivity contribution is 7.90. The molecule has 0 spiro atoms. The molecule has 0 radical (unpaired) electrons. The van der Waals surface area contributed by atoms with Crippen molar-refractivity contribution in [2.24, 2.45) is 0 Å². The van der Waals surface area contributed by atoms with Crippen molar-refractivity contribution in [1.82, 2.24) is 4.72 Å². The number of rotatable bonds is 5. The van der Waals surface area contributed by atoms with Crippen LogP contribution in [0.5, 0.6) is 0 Å². The smallest absolute Gasteiger partial charge is 0.265 e. The molecular formula is C6H13F2NO3S. The first-order valence-corrected chi connectivity index (χ1v) is 5.26. The van der Waals surface area contributed by atoms with Crippen LogP contribution >= 0.6 is 0 Å². The predicted octanol–water partition coefficient (Wildman–Crippen LogP) is -0.0598. The van der Waals surface area contributed by atoms with Gasteiger partial charge < -0.3 is 5.11 Å². The molecule has 0 aromatic heterocycles. The second-order valence-corrected chi connectivity index (χ2v) is 5.17. The van der Waals surface area contributed by atoms with Crippen LogP contribution in [0.1, 0.15) is 13.8 Å². The molecule has 0 aliphatic carbocycles. The highest BCUT2D eigenvalue weighted by Gasteiger charge is 2.21. The Kier molecular flexibility index (Phi) is 4.72. The van der Waals surface area contributed by atoms with E-state index in [4.69, 9.17) is 5.11 Å². The third kappa shape index (κ3) is 4.49. The Morgan fingerprint density at radius 3 is 2.15 bits per heavy atom. The average Bonchev–Trinajstić information content (AvgIpc) is 1.99. The van der Waals surface area contributed by atoms with Crippen molar-refractivity contribution in [1.29, 1.82) is 0 Å². The largest absolute Gasteiger partial charge is 0.386 e. The van der Waals surface area contributed by atoms with Crippen molar-refractivity contribution in [3.63, 3.8) is 0 Å². The van der Waals surface area contributed by atoms with Gasteiger partial charge in [-0.3, -0.25) is 0 Å². The van der Waals surface area contributed by atoms with Crippen LogP contribution in [0.2, 0.25) is 0 Å². The molecule has 13 heavy (non-hydrogen) atoms. The molecule has 1 unspecified atom stereocenters. The van der Waals surface area contributed by atoms with E-state index in [0.717, 1.165) is 0 Å². The SMILES string of the molecule is CC(C)S(=O)(=O)NCC(O)C(F)F. The number of alkyl halides is 2. The maximum absolute atomic E-state index is 11.7. The predicted molar refractivity (Wildman–Crippen MR) is 44.1 cm³/mol. The molecule has 0 aromatic rings. The van der Waals surface area contributed by atoms with E-state index in [1.807, 2.05) is 4.72 Å². The van der Waals surface area contributed by atoms with Gasteiger partial charge in [-0.05, 0) is 13.8 Å². The fourth-order valence-corrected chi connectivity index (χ4v) is 1.19. The number of aliphatic hydroxyl groups is 1. The molecular weight excluding hydrogens is 204 g/mol. The summed E-state index contributed by atoms with van der Waals surface area (Å²) in [6, 6.07) is 0. The first-order chi connectivity index (χ1) is 5.77. The number of nitrogens with one attached hydrogen (secondary N) is 1. The number of aliphatic hydroxyl groups excluding tert-OH is 1. The van der Waals surface area contributed by atoms with Crippen molar-refractivity contribution in [3.8, 4) is 0 Å². The molecule has 0 amide bonds. The first kappa shape index (κ1) is 12.7. The monoisotopic (exact) mass is 217 g/mol. The molecule has 0 saturated carbocycles. The number of hydrogen-bond acceptors (Lipinski definition) is 3. The van der Waals surface area contributed by atoms with E-state index in [0.29, 0.717) is 0 Å². The second kappa shape index (κ2) is 4.83. The molecule has 80 valence electrons. The quantitative estimate of drug-likeness (QED) is 0.678. The Hall–Kier alpha value is -0.270. The molecule has 4 nitrogen and oxygen atoms in total. The molecule has 0 fully saturated rings. The van der Waals surface area contributed by atoms with Crippen molar-refractivity contribution in [2.75, 3.05) is 6.54 Å². The lowest BCUT2D eigenvalue weighted by atomic mass is 10.4. The lowest BCUT2D eigenvalue weighted by molar-refractivity contribution is -0.000472. The third-order valence-electron chi connectivity index (χ3n) is 1.41. The normalized spacial score (nSPS) is 15.3. The lowest BCUT2D eigenvalue weighted by Crippen LogP contribution is -2.39. The zero-order valence-electron chi connectivity index (χ0n) is 7.37. The van der Waals surface area contributed by atoms with E-state index < -0.39 is 34.3 Å². The average molecular weight is 217 g/mol. The minimum atomic E-state index is -3.57. The second-order valence-electron chi connectivity index (χ2n) is 2.84. The maximum atomic E-state index is 11.7. The molecule has 0 saturated heterocycles. The first-order valence-electron chi connectivity index (χ1n) is 3.72. The van der Waals surface area contributed by atoms with Gasteiger partial charge >= 0.3 is 0 Å². The van der Waals surface area contributed by atoms with Crippen LogP contribution in [0, 0.1) is 0 Å². The zero-order chi connectivity index (χ0) is 10.6. The highest BCUT2D eigenvalue weighted by atomic mass is 32.2. The molecule has 1 atom stereocenters. The van der Waals surface area contributed by atoms with Crippen LogP contribution in [-0.2, 0) is 10.0 Å². The van der Waals surface area contributed by atoms with Crippen molar-refractivity contribution in [2.45, 2.75) is 31.6 Å². The maximum Gasteiger partial charge on any atom is 0.265 e. The summed E-state index contributed by atoms with van der Waals surface area (Å²) >= 11 is 0. The molecule has 0 aliphatic heterocycles. The van der Waals surface area contributed by atoms with Crippen LogP contribution in [0.4, 0.5) is 8.78 Å². The molecule has 2 N–H and O–H groups in total. The summed E-state index contributed by atoms with van der Waals surface area (Å²) in [6.07, 6.45) is -4.89. The summed E-state index contributed by atoms with van der Waals surface area (Å²) in [7, 11) is -3.57. The van der Waals surface area contributed by atoms with Crippen molar-refractivity contribution in [3.05, 3.63) is 0 Å². The summed E-state index contributed by atoms with van der Waals surface area (Å²) in [4.78, 5) is 0. The van der Waals surface area contributed by atoms with E-state index in [1.54, 1.807) is 0 Å². The number of hydrogen-bond donors (Lipinski definition) is 2. The topological polar surface area (TPSA) is 66.4 Å². The van der Waals surface area contributed by atoms with Gasteiger partial charge in [0.2, 0.25) is 10.0 Å². The molecule has 0 bridgehead atoms. The zero-order valence-corrected chi connectivity index (χ0v) is 8.18. The van der Waals surface area contributed by atoms with Gasteiger partial charge in [-0.1, -0.05) is 0 Å². The number of sulfonamides is 1. The molecule has 0 heterocycles. The van der Waals surface area contributed by atoms with E-state index in [2.05, 4.69) is 0 Å². The Morgan fingerprint density at radius 1 is 1.38 bits per heavy atom. The fraction of sp³-hybridized carbons (Fsp3) is 1.00. The van der Waals surface area contributed by atoms with Crippen LogP contribution in [-0.4, -0.2) is 37.8 Å². The van der Waals surface area contributed by atoms with Gasteiger partial charge in [0.15, 0.2) is 0 Å². The third-order valence-corrected chi connectivity index (χ3v) is 3.22. The minimum absolute atomic E-state index is 0.655. The van der Waals surface area contributed by atoms with Crippen LogP contribution in [0.25, 0.3) is 0 Å². The van der Waals surface area contributed by atoms with E-state index in [1.165, 1.54) is 13.8 Å². The standard InChI is InChI=1S/C6H13F2NO3S/c1-4(2)13(11,12)9-3-5(10)6(7)8/h4-6,9-10H,3H2,1-2H3. The summed E-state index contributed by atoms with van der Waals surface area (Å²) in [5.74, 6) is 0. The summed E-state index contributed by atoms with van der Waals surface area (Å²) in [5, 5.41) is 7.90. The Labute approximate surface area is 76.0 Å². The Bertz CT molecular complexity index is 240. The molecule has 7 heteroatoms. The van der Waals surface area contributed by atoms with E-state index >= 15 is 0 Å². The summed E-state index contributed by atoms with van der Waals surface area (Å²) in [6.45, 7) is 2.17. The molecule has 0 aromatic carbocycles. The van der Waals surface area contributed by atoms with Gasteiger partial charge in [-0.25, -0.2) is 21.9 Å². The van der Waals surface area contributed by atoms with Gasteiger partial charge in [0.1, 0.15) is 6.10 Å². The van der Waals surface area contributed by atoms with Crippen LogP contribution < -0.4 is 4.72 Å². The minimum Gasteiger partial charge on any atom is -0.386 e. The highest BCUT2D eigenvalue weighted by Crippen LogP contribution is 2.01. The Morgan fingerprint density at radius 2 is 1.85 bits per heavy atom. The summed E-state index contributed by atoms with van der Waals surface area (Å²) in [5.41, 5.74) is 0. The Balaban J connectivity index is 4.04. The molecule has 0 rings (SSSR count). The van der Waals surface area contributed by atoms with Gasteiger partial charge in [0.25, 0.3) is 6.43 Å². The number of halogens is 2. The fourth-order valence-electron chi connectivity index (χ4n) is 0.457. The van der Waals surface area contributed by atoms with Gasteiger partial charge in [-0.15, -0.1) is 0 Å². The van der Waals surface area contributed by atoms with Gasteiger partial charge in [0, 0.05) is 6.54 Å². The van der Waals surface area contributed by atoms with E-state index in [9.17, 15) is 17.2 Å². The lowest BCUT2D eigenvalue weighted by Gasteiger charge is -2.12. The summed E-state index contributed by atoms with van der Waals surface area (Å²) < 4.78 is 47.3. The van der Waals surface area contributed by atoms with Crippen LogP contribution in [0.3, 0.4) is 0 Å². The van der Waals surface area contributed by atoms with Crippen LogP contribution in [0.15, 0.2) is 0 Å². The van der Waals surface area contributed by atoms with Gasteiger partial charge in [0.05, 0.1) is 5.25 Å².